The minimum atomic E-state index is 1.02. The summed E-state index contributed by atoms with van der Waals surface area (Å²) in [6, 6.07) is 0. The predicted molar refractivity (Wildman–Crippen MR) is 127 cm³/mol. The molecular formula is C30H50. The Kier molecular flexibility index (Phi) is 5.77. The highest BCUT2D eigenvalue weighted by Gasteiger charge is 2.55. The molecule has 4 atom stereocenters. The topological polar surface area (TPSA) is 0 Å². The van der Waals surface area contributed by atoms with Crippen LogP contribution in [0.25, 0.3) is 0 Å². The number of hydrogen-bond acceptors (Lipinski definition) is 0. The highest BCUT2D eigenvalue weighted by Crippen LogP contribution is 2.63. The fourth-order valence-electron chi connectivity index (χ4n) is 10.8. The van der Waals surface area contributed by atoms with Crippen LogP contribution in [0.3, 0.4) is 0 Å². The standard InChI is InChI=1S/C30H50/c1-19-3-7-21(8-4-19)27-15-23-11-13-25-17-28(22-9-5-20(2)6-10-22)18-26-14-12-24(16-27)29(23)30(25)26/h19-30H,3-18H2,1-2H3. The fraction of sp³-hybridized carbons (Fsp3) is 1.00. The number of hydrogen-bond donors (Lipinski definition) is 0. The van der Waals surface area contributed by atoms with Crippen LogP contribution in [-0.2, 0) is 0 Å². The zero-order valence-corrected chi connectivity index (χ0v) is 20.2. The van der Waals surface area contributed by atoms with Crippen LogP contribution >= 0.6 is 0 Å². The second-order valence-electron chi connectivity index (χ2n) is 13.9. The molecule has 0 bridgehead atoms. The first-order chi connectivity index (χ1) is 14.7. The monoisotopic (exact) mass is 410 g/mol. The zero-order chi connectivity index (χ0) is 20.2. The van der Waals surface area contributed by atoms with Crippen LogP contribution in [0.2, 0.25) is 0 Å². The van der Waals surface area contributed by atoms with Crippen molar-refractivity contribution in [2.24, 2.45) is 71.0 Å². The van der Waals surface area contributed by atoms with Gasteiger partial charge in [-0.2, -0.15) is 0 Å². The van der Waals surface area contributed by atoms with Gasteiger partial charge < -0.3 is 0 Å². The Balaban J connectivity index is 1.13. The molecule has 30 heavy (non-hydrogen) atoms. The SMILES string of the molecule is CC1CCC(C2CC3CCC4CC(C5CCC(C)CC5)CC5CCC(C2)C3C45)CC1. The second-order valence-corrected chi connectivity index (χ2v) is 13.9. The summed E-state index contributed by atoms with van der Waals surface area (Å²) in [7, 11) is 0. The summed E-state index contributed by atoms with van der Waals surface area (Å²) in [5.74, 6) is 13.4. The van der Waals surface area contributed by atoms with Crippen LogP contribution in [0.4, 0.5) is 0 Å². The minimum Gasteiger partial charge on any atom is -0.0625 e. The van der Waals surface area contributed by atoms with Gasteiger partial charge in [-0.25, -0.2) is 0 Å². The molecule has 6 fully saturated rings. The lowest BCUT2D eigenvalue weighted by Crippen LogP contribution is -2.53. The van der Waals surface area contributed by atoms with Gasteiger partial charge in [-0.1, -0.05) is 39.5 Å². The predicted octanol–water partition coefficient (Wildman–Crippen LogP) is 8.74. The van der Waals surface area contributed by atoms with Crippen molar-refractivity contribution in [1.29, 1.82) is 0 Å². The third kappa shape index (κ3) is 3.73. The molecule has 6 aliphatic rings. The molecule has 0 radical (unpaired) electrons. The molecule has 6 aliphatic carbocycles. The molecule has 0 heterocycles. The summed E-state index contributed by atoms with van der Waals surface area (Å²) >= 11 is 0. The van der Waals surface area contributed by atoms with E-state index in [-0.39, 0.29) is 0 Å². The molecule has 0 nitrogen and oxygen atoms in total. The lowest BCUT2D eigenvalue weighted by atomic mass is 9.44. The summed E-state index contributed by atoms with van der Waals surface area (Å²) in [6.07, 6.45) is 25.6. The average molecular weight is 411 g/mol. The molecule has 0 aliphatic heterocycles. The highest BCUT2D eigenvalue weighted by atomic mass is 14.6. The third-order valence-corrected chi connectivity index (χ3v) is 12.3. The van der Waals surface area contributed by atoms with Crippen LogP contribution in [0, 0.1) is 71.0 Å². The molecule has 0 aromatic heterocycles. The van der Waals surface area contributed by atoms with E-state index in [0.29, 0.717) is 0 Å². The van der Waals surface area contributed by atoms with Crippen LogP contribution < -0.4 is 0 Å². The van der Waals surface area contributed by atoms with Gasteiger partial charge in [0.2, 0.25) is 0 Å². The molecular weight excluding hydrogens is 360 g/mol. The van der Waals surface area contributed by atoms with Crippen molar-refractivity contribution < 1.29 is 0 Å². The van der Waals surface area contributed by atoms with E-state index in [1.165, 1.54) is 37.5 Å². The molecule has 6 rings (SSSR count). The lowest BCUT2D eigenvalue weighted by Gasteiger charge is -2.61. The molecule has 0 amide bonds. The van der Waals surface area contributed by atoms with Crippen molar-refractivity contribution in [1.82, 2.24) is 0 Å². The zero-order valence-electron chi connectivity index (χ0n) is 20.2. The van der Waals surface area contributed by atoms with Crippen molar-refractivity contribution in [3.05, 3.63) is 0 Å². The van der Waals surface area contributed by atoms with E-state index in [2.05, 4.69) is 13.8 Å². The maximum Gasteiger partial charge on any atom is -0.0323 e. The Morgan fingerprint density at radius 2 is 0.567 bits per heavy atom. The van der Waals surface area contributed by atoms with E-state index >= 15 is 0 Å². The van der Waals surface area contributed by atoms with E-state index in [1.54, 1.807) is 77.0 Å². The van der Waals surface area contributed by atoms with Gasteiger partial charge in [0.1, 0.15) is 0 Å². The van der Waals surface area contributed by atoms with Gasteiger partial charge in [-0.15, -0.1) is 0 Å². The van der Waals surface area contributed by atoms with Gasteiger partial charge in [0.25, 0.3) is 0 Å². The van der Waals surface area contributed by atoms with Crippen LogP contribution in [-0.4, -0.2) is 0 Å². The molecule has 0 heteroatoms. The van der Waals surface area contributed by atoms with E-state index in [0.717, 1.165) is 59.2 Å². The third-order valence-electron chi connectivity index (χ3n) is 12.3. The molecule has 0 aromatic carbocycles. The quantitative estimate of drug-likeness (QED) is 0.427. The average Bonchev–Trinajstić information content (AvgIpc) is 2.78. The van der Waals surface area contributed by atoms with Crippen molar-refractivity contribution in [3.8, 4) is 0 Å². The smallest absolute Gasteiger partial charge is 0.0323 e. The van der Waals surface area contributed by atoms with Gasteiger partial charge in [0.05, 0.1) is 0 Å². The molecule has 4 unspecified atom stereocenters. The number of rotatable bonds is 2. The Morgan fingerprint density at radius 1 is 0.300 bits per heavy atom. The van der Waals surface area contributed by atoms with Crippen LogP contribution in [0.5, 0.6) is 0 Å². The van der Waals surface area contributed by atoms with Gasteiger partial charge in [0.15, 0.2) is 0 Å². The normalized spacial score (nSPS) is 56.2. The molecule has 0 N–H and O–H groups in total. The summed E-state index contributed by atoms with van der Waals surface area (Å²) in [4.78, 5) is 0. The first-order valence-corrected chi connectivity index (χ1v) is 14.7. The molecule has 6 saturated carbocycles. The molecule has 170 valence electrons. The summed E-state index contributed by atoms with van der Waals surface area (Å²) in [5.41, 5.74) is 0. The largest absolute Gasteiger partial charge is 0.0625 e. The van der Waals surface area contributed by atoms with Crippen molar-refractivity contribution >= 4 is 0 Å². The van der Waals surface area contributed by atoms with Gasteiger partial charge in [-0.3, -0.25) is 0 Å². The van der Waals surface area contributed by atoms with Crippen LogP contribution in [0.1, 0.15) is 117 Å². The summed E-state index contributed by atoms with van der Waals surface area (Å²) < 4.78 is 0. The Labute approximate surface area is 187 Å². The van der Waals surface area contributed by atoms with E-state index in [4.69, 9.17) is 0 Å². The minimum absolute atomic E-state index is 1.02. The fourth-order valence-corrected chi connectivity index (χ4v) is 10.8. The molecule has 0 spiro atoms. The maximum absolute atomic E-state index is 2.50. The van der Waals surface area contributed by atoms with Gasteiger partial charge in [-0.05, 0) is 148 Å². The first kappa shape index (κ1) is 20.6. The van der Waals surface area contributed by atoms with Gasteiger partial charge in [0, 0.05) is 0 Å². The first-order valence-electron chi connectivity index (χ1n) is 14.7. The van der Waals surface area contributed by atoms with Gasteiger partial charge >= 0.3 is 0 Å². The van der Waals surface area contributed by atoms with Crippen molar-refractivity contribution in [3.63, 3.8) is 0 Å². The Bertz CT molecular complexity index is 497. The van der Waals surface area contributed by atoms with Crippen molar-refractivity contribution in [2.45, 2.75) is 117 Å². The maximum atomic E-state index is 2.50. The second kappa shape index (κ2) is 8.41. The van der Waals surface area contributed by atoms with Crippen molar-refractivity contribution in [2.75, 3.05) is 0 Å². The molecule has 0 saturated heterocycles. The van der Waals surface area contributed by atoms with E-state index in [1.807, 2.05) is 0 Å². The lowest BCUT2D eigenvalue weighted by molar-refractivity contribution is -0.113. The summed E-state index contributed by atoms with van der Waals surface area (Å²) in [6.45, 7) is 5.00. The highest BCUT2D eigenvalue weighted by molar-refractivity contribution is 5.04. The van der Waals surface area contributed by atoms with E-state index in [9.17, 15) is 0 Å². The van der Waals surface area contributed by atoms with Crippen LogP contribution in [0.15, 0.2) is 0 Å². The Hall–Kier alpha value is 0. The molecule has 0 aromatic rings. The van der Waals surface area contributed by atoms with E-state index < -0.39 is 0 Å². The summed E-state index contributed by atoms with van der Waals surface area (Å²) in [5, 5.41) is 0. The Morgan fingerprint density at radius 3 is 0.867 bits per heavy atom.